The van der Waals surface area contributed by atoms with Crippen molar-refractivity contribution in [3.63, 3.8) is 0 Å². The number of hydrogen-bond donors (Lipinski definition) is 2. The van der Waals surface area contributed by atoms with E-state index in [1.807, 2.05) is 0 Å². The van der Waals surface area contributed by atoms with E-state index in [-0.39, 0.29) is 0 Å². The van der Waals surface area contributed by atoms with Crippen molar-refractivity contribution in [2.75, 3.05) is 32.8 Å². The lowest BCUT2D eigenvalue weighted by molar-refractivity contribution is -0.0203. The van der Waals surface area contributed by atoms with Gasteiger partial charge in [0, 0.05) is 25.2 Å². The van der Waals surface area contributed by atoms with E-state index in [1.54, 1.807) is 0 Å². The molecule has 0 atom stereocenters. The van der Waals surface area contributed by atoms with Crippen molar-refractivity contribution >= 4 is 0 Å². The molecule has 4 nitrogen and oxygen atoms in total. The number of morpholine rings is 1. The standard InChI is InChI=1S/C10H21N3O/c11-12-9-10(3-1-2-4-10)13-5-7-14-8-6-13/h12H,1-9,11H2. The van der Waals surface area contributed by atoms with Crippen LogP contribution in [0.2, 0.25) is 0 Å². The number of hydrogen-bond acceptors (Lipinski definition) is 4. The van der Waals surface area contributed by atoms with Crippen LogP contribution in [0.5, 0.6) is 0 Å². The highest BCUT2D eigenvalue weighted by Crippen LogP contribution is 2.35. The van der Waals surface area contributed by atoms with Crippen molar-refractivity contribution in [1.82, 2.24) is 10.3 Å². The van der Waals surface area contributed by atoms with Crippen LogP contribution in [0.4, 0.5) is 0 Å². The monoisotopic (exact) mass is 199 g/mol. The molecule has 2 rings (SSSR count). The molecule has 3 N–H and O–H groups in total. The van der Waals surface area contributed by atoms with Crippen LogP contribution < -0.4 is 11.3 Å². The molecule has 0 aromatic rings. The van der Waals surface area contributed by atoms with E-state index in [1.165, 1.54) is 25.7 Å². The molecule has 4 heteroatoms. The molecule has 14 heavy (non-hydrogen) atoms. The van der Waals surface area contributed by atoms with Crippen molar-refractivity contribution in [3.05, 3.63) is 0 Å². The van der Waals surface area contributed by atoms with Crippen LogP contribution in [-0.4, -0.2) is 43.3 Å². The Balaban J connectivity index is 2.00. The first kappa shape index (κ1) is 10.4. The highest BCUT2D eigenvalue weighted by molar-refractivity contribution is 4.96. The van der Waals surface area contributed by atoms with Crippen LogP contribution in [0.25, 0.3) is 0 Å². The molecule has 0 aromatic carbocycles. The first-order valence-electron chi connectivity index (χ1n) is 5.64. The summed E-state index contributed by atoms with van der Waals surface area (Å²) < 4.78 is 5.39. The van der Waals surface area contributed by atoms with Gasteiger partial charge in [0.2, 0.25) is 0 Å². The molecule has 0 spiro atoms. The minimum absolute atomic E-state index is 0.332. The molecule has 0 amide bonds. The molecule has 2 fully saturated rings. The van der Waals surface area contributed by atoms with Crippen molar-refractivity contribution < 1.29 is 4.74 Å². The second-order valence-electron chi connectivity index (χ2n) is 4.41. The van der Waals surface area contributed by atoms with Crippen LogP contribution in [0.1, 0.15) is 25.7 Å². The molecule has 0 aromatic heterocycles. The molecule has 2 aliphatic rings. The van der Waals surface area contributed by atoms with E-state index >= 15 is 0 Å². The molecular formula is C10H21N3O. The summed E-state index contributed by atoms with van der Waals surface area (Å²) in [6.45, 7) is 4.83. The van der Waals surface area contributed by atoms with Gasteiger partial charge in [-0.3, -0.25) is 16.2 Å². The molecule has 1 aliphatic carbocycles. The fourth-order valence-electron chi connectivity index (χ4n) is 2.87. The lowest BCUT2D eigenvalue weighted by atomic mass is 9.94. The summed E-state index contributed by atoms with van der Waals surface area (Å²) >= 11 is 0. The average Bonchev–Trinajstić information content (AvgIpc) is 2.70. The Morgan fingerprint density at radius 2 is 1.86 bits per heavy atom. The quantitative estimate of drug-likeness (QED) is 0.500. The highest BCUT2D eigenvalue weighted by Gasteiger charge is 2.39. The van der Waals surface area contributed by atoms with Crippen molar-refractivity contribution in [2.45, 2.75) is 31.2 Å². The fourth-order valence-corrected chi connectivity index (χ4v) is 2.87. The summed E-state index contributed by atoms with van der Waals surface area (Å²) in [5, 5.41) is 0. The summed E-state index contributed by atoms with van der Waals surface area (Å²) in [5.74, 6) is 5.49. The average molecular weight is 199 g/mol. The summed E-state index contributed by atoms with van der Waals surface area (Å²) in [5.41, 5.74) is 3.20. The zero-order valence-corrected chi connectivity index (χ0v) is 8.80. The minimum Gasteiger partial charge on any atom is -0.379 e. The minimum atomic E-state index is 0.332. The lowest BCUT2D eigenvalue weighted by Gasteiger charge is -2.43. The first-order valence-corrected chi connectivity index (χ1v) is 5.64. The molecule has 82 valence electrons. The van der Waals surface area contributed by atoms with Gasteiger partial charge < -0.3 is 4.74 Å². The molecule has 1 saturated carbocycles. The maximum Gasteiger partial charge on any atom is 0.0594 e. The summed E-state index contributed by atoms with van der Waals surface area (Å²) in [6, 6.07) is 0. The maximum absolute atomic E-state index is 5.49. The summed E-state index contributed by atoms with van der Waals surface area (Å²) in [4.78, 5) is 2.57. The molecular weight excluding hydrogens is 178 g/mol. The smallest absolute Gasteiger partial charge is 0.0594 e. The third-order valence-electron chi connectivity index (χ3n) is 3.65. The van der Waals surface area contributed by atoms with Gasteiger partial charge in [0.1, 0.15) is 0 Å². The van der Waals surface area contributed by atoms with Crippen molar-refractivity contribution in [1.29, 1.82) is 0 Å². The highest BCUT2D eigenvalue weighted by atomic mass is 16.5. The molecule has 1 aliphatic heterocycles. The zero-order chi connectivity index (χ0) is 9.86. The van der Waals surface area contributed by atoms with E-state index < -0.39 is 0 Å². The van der Waals surface area contributed by atoms with Crippen LogP contribution >= 0.6 is 0 Å². The third-order valence-corrected chi connectivity index (χ3v) is 3.65. The van der Waals surface area contributed by atoms with Crippen LogP contribution in [-0.2, 0) is 4.74 Å². The van der Waals surface area contributed by atoms with Gasteiger partial charge in [-0.25, -0.2) is 0 Å². The topological polar surface area (TPSA) is 50.5 Å². The number of ether oxygens (including phenoxy) is 1. The summed E-state index contributed by atoms with van der Waals surface area (Å²) in [7, 11) is 0. The largest absolute Gasteiger partial charge is 0.379 e. The van der Waals surface area contributed by atoms with Gasteiger partial charge in [-0.05, 0) is 12.8 Å². The van der Waals surface area contributed by atoms with Crippen molar-refractivity contribution in [2.24, 2.45) is 5.84 Å². The Morgan fingerprint density at radius 1 is 1.21 bits per heavy atom. The predicted molar refractivity (Wildman–Crippen MR) is 55.8 cm³/mol. The van der Waals surface area contributed by atoms with E-state index in [0.29, 0.717) is 5.54 Å². The summed E-state index contributed by atoms with van der Waals surface area (Å²) in [6.07, 6.45) is 5.27. The molecule has 0 bridgehead atoms. The predicted octanol–water partition coefficient (Wildman–Crippen LogP) is 0.0947. The Labute approximate surface area is 85.7 Å². The number of hydrazine groups is 1. The molecule has 1 saturated heterocycles. The lowest BCUT2D eigenvalue weighted by Crippen LogP contribution is -2.57. The second kappa shape index (κ2) is 4.57. The van der Waals surface area contributed by atoms with Crippen LogP contribution in [0.15, 0.2) is 0 Å². The number of rotatable bonds is 3. The normalized spacial score (nSPS) is 28.1. The third kappa shape index (κ3) is 1.93. The Kier molecular flexibility index (Phi) is 3.38. The number of nitrogens with one attached hydrogen (secondary N) is 1. The maximum atomic E-state index is 5.49. The Bertz CT molecular complexity index is 174. The van der Waals surface area contributed by atoms with Crippen LogP contribution in [0.3, 0.4) is 0 Å². The molecule has 1 heterocycles. The van der Waals surface area contributed by atoms with E-state index in [2.05, 4.69) is 10.3 Å². The Hall–Kier alpha value is -0.160. The number of nitrogens with two attached hydrogens (primary N) is 1. The van der Waals surface area contributed by atoms with Gasteiger partial charge in [0.15, 0.2) is 0 Å². The van der Waals surface area contributed by atoms with Gasteiger partial charge in [-0.1, -0.05) is 12.8 Å². The van der Waals surface area contributed by atoms with Gasteiger partial charge in [-0.2, -0.15) is 0 Å². The van der Waals surface area contributed by atoms with E-state index in [4.69, 9.17) is 10.6 Å². The van der Waals surface area contributed by atoms with Crippen molar-refractivity contribution in [3.8, 4) is 0 Å². The van der Waals surface area contributed by atoms with Crippen LogP contribution in [0, 0.1) is 0 Å². The van der Waals surface area contributed by atoms with Gasteiger partial charge in [-0.15, -0.1) is 0 Å². The fraction of sp³-hybridized carbons (Fsp3) is 1.00. The molecule has 0 unspecified atom stereocenters. The SMILES string of the molecule is NNCC1(N2CCOCC2)CCCC1. The van der Waals surface area contributed by atoms with Gasteiger partial charge >= 0.3 is 0 Å². The first-order chi connectivity index (χ1) is 6.87. The molecule has 0 radical (unpaired) electrons. The van der Waals surface area contributed by atoms with E-state index in [0.717, 1.165) is 32.8 Å². The zero-order valence-electron chi connectivity index (χ0n) is 8.80. The number of nitrogens with zero attached hydrogens (tertiary/aromatic N) is 1. The van der Waals surface area contributed by atoms with Gasteiger partial charge in [0.05, 0.1) is 13.2 Å². The van der Waals surface area contributed by atoms with E-state index in [9.17, 15) is 0 Å². The van der Waals surface area contributed by atoms with Gasteiger partial charge in [0.25, 0.3) is 0 Å². The Morgan fingerprint density at radius 3 is 2.43 bits per heavy atom. The second-order valence-corrected chi connectivity index (χ2v) is 4.41.